The zero-order chi connectivity index (χ0) is 14.1. The van der Waals surface area contributed by atoms with Gasteiger partial charge in [0.1, 0.15) is 12.4 Å². The lowest BCUT2D eigenvalue weighted by Gasteiger charge is -2.12. The van der Waals surface area contributed by atoms with Crippen LogP contribution in [0.15, 0.2) is 42.5 Å². The Balaban J connectivity index is 2.74. The molecule has 0 fully saturated rings. The van der Waals surface area contributed by atoms with Crippen molar-refractivity contribution >= 4 is 6.08 Å². The van der Waals surface area contributed by atoms with E-state index < -0.39 is 0 Å². The van der Waals surface area contributed by atoms with E-state index in [1.54, 1.807) is 6.08 Å². The predicted octanol–water partition coefficient (Wildman–Crippen LogP) is 3.90. The van der Waals surface area contributed by atoms with Crippen LogP contribution in [0.3, 0.4) is 0 Å². The number of ether oxygens (including phenoxy) is 1. The lowest BCUT2D eigenvalue weighted by Crippen LogP contribution is -2.18. The fourth-order valence-corrected chi connectivity index (χ4v) is 1.72. The Morgan fingerprint density at radius 3 is 2.53 bits per heavy atom. The minimum atomic E-state index is 0.548. The van der Waals surface area contributed by atoms with Gasteiger partial charge in [0.15, 0.2) is 0 Å². The summed E-state index contributed by atoms with van der Waals surface area (Å²) in [6.07, 6.45) is 4.01. The van der Waals surface area contributed by atoms with Crippen molar-refractivity contribution in [3.63, 3.8) is 0 Å². The summed E-state index contributed by atoms with van der Waals surface area (Å²) >= 11 is 0. The van der Waals surface area contributed by atoms with Crippen LogP contribution >= 0.6 is 0 Å². The molecule has 0 unspecified atom stereocenters. The summed E-state index contributed by atoms with van der Waals surface area (Å²) in [5.41, 5.74) is 2.63. The maximum Gasteiger partial charge on any atom is 0.119 e. The molecule has 1 aromatic rings. The van der Waals surface area contributed by atoms with Gasteiger partial charge in [0.05, 0.1) is 0 Å². The zero-order valence-electron chi connectivity index (χ0n) is 12.3. The van der Waals surface area contributed by atoms with Gasteiger partial charge in [-0.05, 0) is 30.2 Å². The monoisotopic (exact) mass is 259 g/mol. The fraction of sp³-hybridized carbons (Fsp3) is 0.412. The third-order valence-corrected chi connectivity index (χ3v) is 2.92. The van der Waals surface area contributed by atoms with E-state index in [4.69, 9.17) is 4.74 Å². The molecule has 19 heavy (non-hydrogen) atoms. The Bertz CT molecular complexity index is 404. The maximum atomic E-state index is 5.48. The molecule has 0 aromatic heterocycles. The molecule has 0 aliphatic carbocycles. The number of hydrogen-bond acceptors (Lipinski definition) is 2. The topological polar surface area (TPSA) is 21.3 Å². The van der Waals surface area contributed by atoms with Crippen LogP contribution in [0.4, 0.5) is 0 Å². The molecule has 1 rings (SSSR count). The first-order valence-corrected chi connectivity index (χ1v) is 6.92. The summed E-state index contributed by atoms with van der Waals surface area (Å²) in [5.74, 6) is 1.44. The second-order valence-corrected chi connectivity index (χ2v) is 4.82. The standard InChI is InChI=1S/C17H25NO/c1-5-11-19-17-9-7-15(8-10-17)12-16(14(3)4)13-18-6-2/h5,7-10,12,14,18H,1,6,11,13H2,2-4H3. The van der Waals surface area contributed by atoms with Gasteiger partial charge >= 0.3 is 0 Å². The van der Waals surface area contributed by atoms with Crippen LogP contribution in [0.2, 0.25) is 0 Å². The first-order chi connectivity index (χ1) is 9.17. The van der Waals surface area contributed by atoms with Gasteiger partial charge in [0.2, 0.25) is 0 Å². The van der Waals surface area contributed by atoms with Crippen molar-refractivity contribution in [2.45, 2.75) is 20.8 Å². The first-order valence-electron chi connectivity index (χ1n) is 6.92. The van der Waals surface area contributed by atoms with E-state index >= 15 is 0 Å². The van der Waals surface area contributed by atoms with E-state index in [1.807, 2.05) is 12.1 Å². The molecular weight excluding hydrogens is 234 g/mol. The van der Waals surface area contributed by atoms with Crippen LogP contribution in [-0.2, 0) is 0 Å². The Morgan fingerprint density at radius 2 is 2.00 bits per heavy atom. The molecule has 0 amide bonds. The fourth-order valence-electron chi connectivity index (χ4n) is 1.72. The minimum Gasteiger partial charge on any atom is -0.490 e. The molecule has 1 aromatic carbocycles. The van der Waals surface area contributed by atoms with Crippen LogP contribution in [-0.4, -0.2) is 19.7 Å². The normalized spacial score (nSPS) is 11.7. The van der Waals surface area contributed by atoms with Crippen molar-refractivity contribution in [1.29, 1.82) is 0 Å². The number of rotatable bonds is 8. The largest absolute Gasteiger partial charge is 0.490 e. The van der Waals surface area contributed by atoms with Crippen molar-refractivity contribution in [1.82, 2.24) is 5.32 Å². The Kier molecular flexibility index (Phi) is 6.98. The van der Waals surface area contributed by atoms with Crippen molar-refractivity contribution < 1.29 is 4.74 Å². The third-order valence-electron chi connectivity index (χ3n) is 2.92. The van der Waals surface area contributed by atoms with Gasteiger partial charge in [-0.25, -0.2) is 0 Å². The molecular formula is C17H25NO. The van der Waals surface area contributed by atoms with Crippen molar-refractivity contribution in [2.75, 3.05) is 19.7 Å². The third kappa shape index (κ3) is 5.75. The van der Waals surface area contributed by atoms with E-state index in [9.17, 15) is 0 Å². The van der Waals surface area contributed by atoms with Gasteiger partial charge in [-0.15, -0.1) is 0 Å². The molecule has 0 spiro atoms. The number of nitrogens with one attached hydrogen (secondary N) is 1. The summed E-state index contributed by atoms with van der Waals surface area (Å²) in [7, 11) is 0. The average Bonchev–Trinajstić information content (AvgIpc) is 2.42. The van der Waals surface area contributed by atoms with Crippen LogP contribution in [0, 0.1) is 5.92 Å². The molecule has 0 aliphatic heterocycles. The van der Waals surface area contributed by atoms with E-state index in [-0.39, 0.29) is 0 Å². The van der Waals surface area contributed by atoms with Crippen LogP contribution < -0.4 is 10.1 Å². The van der Waals surface area contributed by atoms with Gasteiger partial charge in [-0.1, -0.05) is 57.2 Å². The number of benzene rings is 1. The highest BCUT2D eigenvalue weighted by Gasteiger charge is 2.03. The van der Waals surface area contributed by atoms with Gasteiger partial charge in [0.25, 0.3) is 0 Å². The SMILES string of the molecule is C=CCOc1ccc(C=C(CNCC)C(C)C)cc1. The molecule has 2 nitrogen and oxygen atoms in total. The maximum absolute atomic E-state index is 5.48. The van der Waals surface area contributed by atoms with Crippen molar-refractivity contribution in [3.05, 3.63) is 48.1 Å². The highest BCUT2D eigenvalue weighted by Crippen LogP contribution is 2.17. The zero-order valence-corrected chi connectivity index (χ0v) is 12.3. The predicted molar refractivity (Wildman–Crippen MR) is 83.5 cm³/mol. The molecule has 0 aliphatic rings. The minimum absolute atomic E-state index is 0.548. The summed E-state index contributed by atoms with van der Waals surface area (Å²) in [4.78, 5) is 0. The van der Waals surface area contributed by atoms with Crippen molar-refractivity contribution in [3.8, 4) is 5.75 Å². The number of likely N-dealkylation sites (N-methyl/N-ethyl adjacent to an activating group) is 1. The van der Waals surface area contributed by atoms with Crippen LogP contribution in [0.1, 0.15) is 26.3 Å². The van der Waals surface area contributed by atoms with Crippen LogP contribution in [0.5, 0.6) is 5.75 Å². The first kappa shape index (κ1) is 15.5. The highest BCUT2D eigenvalue weighted by molar-refractivity contribution is 5.54. The van der Waals surface area contributed by atoms with Gasteiger partial charge in [-0.3, -0.25) is 0 Å². The molecule has 2 heteroatoms. The lowest BCUT2D eigenvalue weighted by atomic mass is 10.00. The second kappa shape index (κ2) is 8.54. The Hall–Kier alpha value is -1.54. The Labute approximate surface area is 117 Å². The van der Waals surface area contributed by atoms with Gasteiger partial charge in [-0.2, -0.15) is 0 Å². The lowest BCUT2D eigenvalue weighted by molar-refractivity contribution is 0.363. The molecule has 0 saturated heterocycles. The molecule has 1 N–H and O–H groups in total. The second-order valence-electron chi connectivity index (χ2n) is 4.82. The summed E-state index contributed by atoms with van der Waals surface area (Å²) < 4.78 is 5.48. The van der Waals surface area contributed by atoms with Crippen LogP contribution in [0.25, 0.3) is 6.08 Å². The molecule has 0 heterocycles. The van der Waals surface area contributed by atoms with E-state index in [2.05, 4.69) is 50.9 Å². The summed E-state index contributed by atoms with van der Waals surface area (Å²) in [6.45, 7) is 12.7. The molecule has 104 valence electrons. The number of hydrogen-bond donors (Lipinski definition) is 1. The van der Waals surface area contributed by atoms with Gasteiger partial charge < -0.3 is 10.1 Å². The quantitative estimate of drug-likeness (QED) is 0.715. The summed E-state index contributed by atoms with van der Waals surface area (Å²) in [5, 5.41) is 3.39. The van der Waals surface area contributed by atoms with E-state index in [1.165, 1.54) is 11.1 Å². The van der Waals surface area contributed by atoms with Crippen molar-refractivity contribution in [2.24, 2.45) is 5.92 Å². The molecule has 0 atom stereocenters. The van der Waals surface area contributed by atoms with Gasteiger partial charge in [0, 0.05) is 6.54 Å². The highest BCUT2D eigenvalue weighted by atomic mass is 16.5. The Morgan fingerprint density at radius 1 is 1.32 bits per heavy atom. The summed E-state index contributed by atoms with van der Waals surface area (Å²) in [6, 6.07) is 8.18. The smallest absolute Gasteiger partial charge is 0.119 e. The molecule has 0 bridgehead atoms. The molecule has 0 radical (unpaired) electrons. The van der Waals surface area contributed by atoms with E-state index in [0.29, 0.717) is 12.5 Å². The average molecular weight is 259 g/mol. The molecule has 0 saturated carbocycles. The van der Waals surface area contributed by atoms with E-state index in [0.717, 1.165) is 18.8 Å².